The quantitative estimate of drug-likeness (QED) is 0.800. The minimum Gasteiger partial charge on any atom is -0.465 e. The second-order valence-corrected chi connectivity index (χ2v) is 4.08. The Balaban J connectivity index is 2.90. The molecular formula is C13H10F3NO4. The molecule has 21 heavy (non-hydrogen) atoms. The predicted octanol–water partition coefficient (Wildman–Crippen LogP) is 2.53. The molecule has 0 spiro atoms. The zero-order chi connectivity index (χ0) is 15.8. The summed E-state index contributed by atoms with van der Waals surface area (Å²) in [6.45, 7) is 0. The molecule has 0 aliphatic rings. The van der Waals surface area contributed by atoms with Crippen molar-refractivity contribution in [2.45, 2.75) is 6.18 Å². The lowest BCUT2D eigenvalue weighted by Gasteiger charge is -2.10. The number of halogens is 3. The summed E-state index contributed by atoms with van der Waals surface area (Å²) in [5, 5.41) is 0. The van der Waals surface area contributed by atoms with Gasteiger partial charge in [0.1, 0.15) is 5.56 Å². The van der Waals surface area contributed by atoms with Crippen molar-refractivity contribution in [3.8, 4) is 0 Å². The van der Waals surface area contributed by atoms with Crippen molar-refractivity contribution in [1.29, 1.82) is 0 Å². The molecule has 0 unspecified atom stereocenters. The second-order valence-electron chi connectivity index (χ2n) is 4.08. The molecule has 0 aliphatic heterocycles. The first kappa shape index (κ1) is 14.9. The second kappa shape index (κ2) is 5.12. The smallest absolute Gasteiger partial charge is 0.418 e. The molecule has 0 fully saturated rings. The predicted molar refractivity (Wildman–Crippen MR) is 65.1 cm³/mol. The highest BCUT2D eigenvalue weighted by Gasteiger charge is 2.36. The number of esters is 2. The Morgan fingerprint density at radius 3 is 2.29 bits per heavy atom. The summed E-state index contributed by atoms with van der Waals surface area (Å²) in [5.74, 6) is -1.97. The van der Waals surface area contributed by atoms with Crippen LogP contribution >= 0.6 is 0 Å². The van der Waals surface area contributed by atoms with Crippen LogP contribution in [0, 0.1) is 0 Å². The fraction of sp³-hybridized carbons (Fsp3) is 0.231. The van der Waals surface area contributed by atoms with Crippen LogP contribution < -0.4 is 0 Å². The van der Waals surface area contributed by atoms with Crippen LogP contribution in [0.15, 0.2) is 24.5 Å². The van der Waals surface area contributed by atoms with Gasteiger partial charge in [0.15, 0.2) is 0 Å². The van der Waals surface area contributed by atoms with Crippen molar-refractivity contribution in [2.24, 2.45) is 0 Å². The normalized spacial score (nSPS) is 11.5. The van der Waals surface area contributed by atoms with Gasteiger partial charge in [0, 0.05) is 12.4 Å². The Labute approximate surface area is 116 Å². The number of alkyl halides is 3. The largest absolute Gasteiger partial charge is 0.465 e. The highest BCUT2D eigenvalue weighted by Crippen LogP contribution is 2.35. The van der Waals surface area contributed by atoms with E-state index in [1.165, 1.54) is 6.20 Å². The molecular weight excluding hydrogens is 291 g/mol. The Kier molecular flexibility index (Phi) is 3.63. The maximum Gasteiger partial charge on any atom is 0.418 e. The molecule has 0 saturated carbocycles. The number of carbonyl (C=O) groups excluding carboxylic acids is 2. The van der Waals surface area contributed by atoms with E-state index in [1.807, 2.05) is 0 Å². The number of carbonyl (C=O) groups is 2. The van der Waals surface area contributed by atoms with Crippen LogP contribution in [-0.4, -0.2) is 30.6 Å². The van der Waals surface area contributed by atoms with Gasteiger partial charge in [-0.2, -0.15) is 13.2 Å². The SMILES string of the molecule is COC(=O)c1cn2cccc(C(F)(F)F)c2c1C(=O)OC. The van der Waals surface area contributed by atoms with E-state index in [1.54, 1.807) is 0 Å². The standard InChI is InChI=1S/C13H10F3NO4/c1-20-11(18)7-6-17-5-3-4-8(13(14,15)16)10(17)9(7)12(19)21-2/h3-6H,1-2H3. The van der Waals surface area contributed by atoms with E-state index >= 15 is 0 Å². The number of aromatic nitrogens is 1. The molecule has 2 aromatic heterocycles. The number of methoxy groups -OCH3 is 2. The zero-order valence-corrected chi connectivity index (χ0v) is 11.0. The van der Waals surface area contributed by atoms with Gasteiger partial charge < -0.3 is 13.9 Å². The van der Waals surface area contributed by atoms with Crippen LogP contribution in [-0.2, 0) is 15.7 Å². The number of rotatable bonds is 2. The summed E-state index contributed by atoms with van der Waals surface area (Å²) in [5.41, 5.74) is -2.25. The molecule has 5 nitrogen and oxygen atoms in total. The Hall–Kier alpha value is -2.51. The average molecular weight is 301 g/mol. The van der Waals surface area contributed by atoms with E-state index in [0.717, 1.165) is 36.9 Å². The van der Waals surface area contributed by atoms with Gasteiger partial charge in [-0.05, 0) is 12.1 Å². The van der Waals surface area contributed by atoms with Crippen molar-refractivity contribution in [3.05, 3.63) is 41.2 Å². The first-order chi connectivity index (χ1) is 9.81. The van der Waals surface area contributed by atoms with Gasteiger partial charge in [0.25, 0.3) is 0 Å². The summed E-state index contributed by atoms with van der Waals surface area (Å²) < 4.78 is 49.2. The monoisotopic (exact) mass is 301 g/mol. The molecule has 112 valence electrons. The number of pyridine rings is 1. The summed E-state index contributed by atoms with van der Waals surface area (Å²) in [6.07, 6.45) is -2.29. The molecule has 0 radical (unpaired) electrons. The van der Waals surface area contributed by atoms with Crippen molar-refractivity contribution in [2.75, 3.05) is 14.2 Å². The number of fused-ring (bicyclic) bond motifs is 1. The van der Waals surface area contributed by atoms with E-state index in [0.29, 0.717) is 0 Å². The topological polar surface area (TPSA) is 57.0 Å². The van der Waals surface area contributed by atoms with E-state index < -0.39 is 34.8 Å². The number of hydrogen-bond donors (Lipinski definition) is 0. The van der Waals surface area contributed by atoms with E-state index in [-0.39, 0.29) is 5.56 Å². The number of hydrogen-bond acceptors (Lipinski definition) is 4. The van der Waals surface area contributed by atoms with Gasteiger partial charge >= 0.3 is 18.1 Å². The van der Waals surface area contributed by atoms with Gasteiger partial charge in [-0.3, -0.25) is 0 Å². The summed E-state index contributed by atoms with van der Waals surface area (Å²) in [4.78, 5) is 23.5. The molecule has 0 bridgehead atoms. The first-order valence-corrected chi connectivity index (χ1v) is 5.68. The Morgan fingerprint density at radius 2 is 1.76 bits per heavy atom. The lowest BCUT2D eigenvalue weighted by molar-refractivity contribution is -0.136. The van der Waals surface area contributed by atoms with E-state index in [9.17, 15) is 22.8 Å². The molecule has 0 saturated heterocycles. The van der Waals surface area contributed by atoms with Crippen LogP contribution in [0.25, 0.3) is 5.52 Å². The van der Waals surface area contributed by atoms with Crippen LogP contribution in [0.2, 0.25) is 0 Å². The fourth-order valence-corrected chi connectivity index (χ4v) is 2.03. The molecule has 8 heteroatoms. The molecule has 0 amide bonds. The van der Waals surface area contributed by atoms with Crippen molar-refractivity contribution >= 4 is 17.5 Å². The summed E-state index contributed by atoms with van der Waals surface area (Å²) in [7, 11) is 2.08. The van der Waals surface area contributed by atoms with Gasteiger partial charge in [-0.15, -0.1) is 0 Å². The molecule has 2 aromatic rings. The minimum atomic E-state index is -4.68. The molecule has 2 heterocycles. The van der Waals surface area contributed by atoms with Crippen molar-refractivity contribution < 1.29 is 32.2 Å². The van der Waals surface area contributed by atoms with Crippen LogP contribution in [0.4, 0.5) is 13.2 Å². The average Bonchev–Trinajstić information content (AvgIpc) is 2.83. The number of nitrogens with zero attached hydrogens (tertiary/aromatic N) is 1. The first-order valence-electron chi connectivity index (χ1n) is 5.68. The van der Waals surface area contributed by atoms with Gasteiger partial charge in [-0.25, -0.2) is 9.59 Å². The van der Waals surface area contributed by atoms with Gasteiger partial charge in [-0.1, -0.05) is 0 Å². The van der Waals surface area contributed by atoms with E-state index in [4.69, 9.17) is 0 Å². The third kappa shape index (κ3) is 2.44. The lowest BCUT2D eigenvalue weighted by Crippen LogP contribution is -2.12. The van der Waals surface area contributed by atoms with Crippen LogP contribution in [0.5, 0.6) is 0 Å². The lowest BCUT2D eigenvalue weighted by atomic mass is 10.1. The third-order valence-corrected chi connectivity index (χ3v) is 2.90. The minimum absolute atomic E-state index is 0.291. The highest BCUT2D eigenvalue weighted by atomic mass is 19.4. The highest BCUT2D eigenvalue weighted by molar-refractivity contribution is 6.09. The maximum atomic E-state index is 13.1. The third-order valence-electron chi connectivity index (χ3n) is 2.90. The molecule has 0 aromatic carbocycles. The Morgan fingerprint density at radius 1 is 1.14 bits per heavy atom. The molecule has 0 aliphatic carbocycles. The molecule has 2 rings (SSSR count). The van der Waals surface area contributed by atoms with Gasteiger partial charge in [0.2, 0.25) is 0 Å². The fourth-order valence-electron chi connectivity index (χ4n) is 2.03. The zero-order valence-electron chi connectivity index (χ0n) is 11.0. The molecule has 0 N–H and O–H groups in total. The van der Waals surface area contributed by atoms with E-state index in [2.05, 4.69) is 9.47 Å². The van der Waals surface area contributed by atoms with Gasteiger partial charge in [0.05, 0.1) is 30.9 Å². The Bertz CT molecular complexity index is 718. The maximum absolute atomic E-state index is 13.1. The van der Waals surface area contributed by atoms with Crippen molar-refractivity contribution in [3.63, 3.8) is 0 Å². The summed E-state index contributed by atoms with van der Waals surface area (Å²) in [6, 6.07) is 1.99. The van der Waals surface area contributed by atoms with Crippen LogP contribution in [0.3, 0.4) is 0 Å². The van der Waals surface area contributed by atoms with Crippen molar-refractivity contribution in [1.82, 2.24) is 4.40 Å². The summed E-state index contributed by atoms with van der Waals surface area (Å²) >= 11 is 0. The number of ether oxygens (including phenoxy) is 2. The molecule has 0 atom stereocenters. The van der Waals surface area contributed by atoms with Crippen LogP contribution in [0.1, 0.15) is 26.3 Å².